The maximum Gasteiger partial charge on any atom is 0.406 e. The minimum atomic E-state index is -4.60. The Bertz CT molecular complexity index is 1270. The van der Waals surface area contributed by atoms with Gasteiger partial charge in [-0.25, -0.2) is 0 Å². The normalized spacial score (nSPS) is 14.5. The number of nitrogens with zero attached hydrogens (tertiary/aromatic N) is 1. The molecule has 0 N–H and O–H groups in total. The van der Waals surface area contributed by atoms with Crippen molar-refractivity contribution < 1.29 is 22.4 Å². The first-order valence-electron chi connectivity index (χ1n) is 14.9. The number of quaternary nitrogens is 1. The number of benzene rings is 3. The maximum absolute atomic E-state index is 15.8. The highest BCUT2D eigenvalue weighted by atomic mass is 19.4. The van der Waals surface area contributed by atoms with Crippen LogP contribution in [0.2, 0.25) is 0 Å². The van der Waals surface area contributed by atoms with Gasteiger partial charge in [-0.05, 0) is 72.4 Å². The zero-order valence-corrected chi connectivity index (χ0v) is 26.5. The largest absolute Gasteiger partial charge is 0.487 e. The molecule has 0 saturated heterocycles. The molecule has 0 radical (unpaired) electrons. The zero-order chi connectivity index (χ0) is 30.7. The molecule has 3 aromatic rings. The molecule has 0 heterocycles. The predicted molar refractivity (Wildman–Crippen MR) is 165 cm³/mol. The highest BCUT2D eigenvalue weighted by Crippen LogP contribution is 2.52. The van der Waals surface area contributed by atoms with Crippen LogP contribution < -0.4 is 4.74 Å². The van der Waals surface area contributed by atoms with Gasteiger partial charge in [0, 0.05) is 5.56 Å². The number of ether oxygens (including phenoxy) is 1. The van der Waals surface area contributed by atoms with Crippen molar-refractivity contribution >= 4 is 0 Å². The van der Waals surface area contributed by atoms with E-state index in [1.165, 1.54) is 0 Å². The first-order valence-corrected chi connectivity index (χ1v) is 14.9. The molecule has 41 heavy (non-hydrogen) atoms. The fourth-order valence-electron chi connectivity index (χ4n) is 5.67. The second-order valence-corrected chi connectivity index (χ2v) is 13.0. The standard InChI is InChI=1S/C36H49F3NO/c1-10-33(5,11-2)28-19-21-30(22-20-28)35(36(37,38)39,29-17-15-14-16-18-29)31-23-24-32(41-34(6,12-3)13-4)27(25-31)26-40(7,8)9/h14-25H,10-13,26H2,1-9H3/q+1. The lowest BCUT2D eigenvalue weighted by Crippen LogP contribution is -2.45. The van der Waals surface area contributed by atoms with E-state index in [9.17, 15) is 0 Å². The predicted octanol–water partition coefficient (Wildman–Crippen LogP) is 9.82. The lowest BCUT2D eigenvalue weighted by Gasteiger charge is -2.39. The topological polar surface area (TPSA) is 9.23 Å². The first kappa shape index (κ1) is 32.7. The summed E-state index contributed by atoms with van der Waals surface area (Å²) in [6, 6.07) is 20.6. The van der Waals surface area contributed by atoms with Crippen LogP contribution in [0.5, 0.6) is 5.75 Å². The number of halogens is 3. The molecule has 0 saturated carbocycles. The summed E-state index contributed by atoms with van der Waals surface area (Å²) >= 11 is 0. The second-order valence-electron chi connectivity index (χ2n) is 13.0. The van der Waals surface area contributed by atoms with Gasteiger partial charge in [-0.2, -0.15) is 13.2 Å². The third kappa shape index (κ3) is 6.66. The van der Waals surface area contributed by atoms with E-state index in [0.29, 0.717) is 16.8 Å². The maximum atomic E-state index is 15.8. The number of alkyl halides is 3. The van der Waals surface area contributed by atoms with Crippen molar-refractivity contribution in [1.82, 2.24) is 0 Å². The molecule has 0 aliphatic rings. The molecule has 0 aliphatic carbocycles. The molecule has 3 aromatic carbocycles. The smallest absolute Gasteiger partial charge is 0.406 e. The van der Waals surface area contributed by atoms with Gasteiger partial charge in [0.05, 0.1) is 21.1 Å². The van der Waals surface area contributed by atoms with E-state index in [1.807, 2.05) is 33.3 Å². The van der Waals surface area contributed by atoms with Gasteiger partial charge in [-0.1, -0.05) is 95.3 Å². The van der Waals surface area contributed by atoms with Gasteiger partial charge in [0.15, 0.2) is 0 Å². The molecule has 0 bridgehead atoms. The number of hydrogen-bond acceptors (Lipinski definition) is 1. The Morgan fingerprint density at radius 1 is 0.634 bits per heavy atom. The lowest BCUT2D eigenvalue weighted by molar-refractivity contribution is -0.884. The summed E-state index contributed by atoms with van der Waals surface area (Å²) < 4.78 is 54.5. The summed E-state index contributed by atoms with van der Waals surface area (Å²) in [5, 5.41) is 0. The van der Waals surface area contributed by atoms with Gasteiger partial charge in [-0.15, -0.1) is 0 Å². The molecule has 0 amide bonds. The Kier molecular flexibility index (Phi) is 9.75. The second kappa shape index (κ2) is 12.2. The van der Waals surface area contributed by atoms with Crippen LogP contribution in [0, 0.1) is 0 Å². The summed E-state index contributed by atoms with van der Waals surface area (Å²) in [6.07, 6.45) is -1.18. The first-order chi connectivity index (χ1) is 19.1. The van der Waals surface area contributed by atoms with Crippen LogP contribution in [0.25, 0.3) is 0 Å². The Morgan fingerprint density at radius 3 is 1.59 bits per heavy atom. The Hall–Kier alpha value is -2.79. The number of hydrogen-bond donors (Lipinski definition) is 0. The molecule has 3 rings (SSSR count). The molecular formula is C36H49F3NO+. The summed E-state index contributed by atoms with van der Waals surface area (Å²) in [4.78, 5) is 0. The molecule has 5 heteroatoms. The molecule has 0 aromatic heterocycles. The van der Waals surface area contributed by atoms with Gasteiger partial charge < -0.3 is 9.22 Å². The summed E-state index contributed by atoms with van der Waals surface area (Å²) in [7, 11) is 6.13. The highest BCUT2D eigenvalue weighted by molar-refractivity contribution is 5.55. The molecule has 0 aliphatic heterocycles. The van der Waals surface area contributed by atoms with Crippen LogP contribution >= 0.6 is 0 Å². The SMILES string of the molecule is CCC(C)(CC)Oc1ccc(C(c2ccccc2)(c2ccc(C(C)(CC)CC)cc2)C(F)(F)F)cc1C[N+](C)(C)C. The van der Waals surface area contributed by atoms with E-state index < -0.39 is 17.2 Å². The van der Waals surface area contributed by atoms with Crippen molar-refractivity contribution in [3.05, 3.63) is 101 Å². The quantitative estimate of drug-likeness (QED) is 0.156. The average molecular weight is 569 g/mol. The summed E-state index contributed by atoms with van der Waals surface area (Å²) in [5.74, 6) is 0.647. The monoisotopic (exact) mass is 568 g/mol. The molecule has 2 nitrogen and oxygen atoms in total. The van der Waals surface area contributed by atoms with Gasteiger partial charge in [0.2, 0.25) is 0 Å². The van der Waals surface area contributed by atoms with Gasteiger partial charge in [0.1, 0.15) is 23.3 Å². The lowest BCUT2D eigenvalue weighted by atomic mass is 9.67. The Balaban J connectivity index is 2.37. The van der Waals surface area contributed by atoms with Crippen molar-refractivity contribution in [3.63, 3.8) is 0 Å². The van der Waals surface area contributed by atoms with Crippen molar-refractivity contribution in [3.8, 4) is 5.75 Å². The van der Waals surface area contributed by atoms with E-state index >= 15 is 13.2 Å². The van der Waals surface area contributed by atoms with Gasteiger partial charge >= 0.3 is 6.18 Å². The minimum Gasteiger partial charge on any atom is -0.487 e. The molecule has 1 atom stereocenters. The van der Waals surface area contributed by atoms with Crippen LogP contribution in [-0.2, 0) is 17.4 Å². The zero-order valence-electron chi connectivity index (χ0n) is 26.5. The average Bonchev–Trinajstić information content (AvgIpc) is 2.93. The minimum absolute atomic E-state index is 0.0891. The van der Waals surface area contributed by atoms with Crippen molar-refractivity contribution in [1.29, 1.82) is 0 Å². The van der Waals surface area contributed by atoms with E-state index in [-0.39, 0.29) is 22.1 Å². The number of rotatable bonds is 12. The van der Waals surface area contributed by atoms with Crippen LogP contribution in [0.4, 0.5) is 13.2 Å². The van der Waals surface area contributed by atoms with E-state index in [0.717, 1.165) is 36.8 Å². The third-order valence-corrected chi connectivity index (χ3v) is 9.20. The highest BCUT2D eigenvalue weighted by Gasteiger charge is 2.58. The van der Waals surface area contributed by atoms with Gasteiger partial charge in [0.25, 0.3) is 0 Å². The Labute approximate surface area is 246 Å². The van der Waals surface area contributed by atoms with E-state index in [2.05, 4.69) is 41.5 Å². The third-order valence-electron chi connectivity index (χ3n) is 9.20. The van der Waals surface area contributed by atoms with E-state index in [1.54, 1.807) is 60.7 Å². The van der Waals surface area contributed by atoms with Crippen LogP contribution in [0.3, 0.4) is 0 Å². The molecule has 1 unspecified atom stereocenters. The van der Waals surface area contributed by atoms with E-state index in [4.69, 9.17) is 4.74 Å². The molecular weight excluding hydrogens is 519 g/mol. The fraction of sp³-hybridized carbons (Fsp3) is 0.500. The molecule has 224 valence electrons. The van der Waals surface area contributed by atoms with Crippen LogP contribution in [0.15, 0.2) is 72.8 Å². The molecule has 0 spiro atoms. The fourth-order valence-corrected chi connectivity index (χ4v) is 5.67. The van der Waals surface area contributed by atoms with Crippen molar-refractivity contribution in [2.24, 2.45) is 0 Å². The van der Waals surface area contributed by atoms with Crippen LogP contribution in [0.1, 0.15) is 95.0 Å². The van der Waals surface area contributed by atoms with Gasteiger partial charge in [-0.3, -0.25) is 0 Å². The van der Waals surface area contributed by atoms with Crippen molar-refractivity contribution in [2.45, 2.75) is 96.4 Å². The van der Waals surface area contributed by atoms with Crippen LogP contribution in [-0.4, -0.2) is 37.4 Å². The Morgan fingerprint density at radius 2 is 1.12 bits per heavy atom. The van der Waals surface area contributed by atoms with Crippen molar-refractivity contribution in [2.75, 3.05) is 21.1 Å². The summed E-state index contributed by atoms with van der Waals surface area (Å²) in [5.41, 5.74) is -0.396. The molecule has 0 fully saturated rings. The summed E-state index contributed by atoms with van der Waals surface area (Å²) in [6.45, 7) is 13.2.